The molecule has 2 N–H and O–H groups in total. The van der Waals surface area contributed by atoms with Gasteiger partial charge in [0.05, 0.1) is 18.8 Å². The summed E-state index contributed by atoms with van der Waals surface area (Å²) in [5.74, 6) is -0.623. The highest BCUT2D eigenvalue weighted by molar-refractivity contribution is 7.14. The van der Waals surface area contributed by atoms with Gasteiger partial charge >= 0.3 is 6.03 Å². The standard InChI is InChI=1S/C18H20N4O3S/c1-18(2,3)13-10-26-16(20-13)21-15(24)12-7-5-4-6-11(12)9-22-14(23)8-19-17(22)25/h4-7,10H,8-9H2,1-3H3,(H,19,25)(H,20,21,24). The first-order valence-corrected chi connectivity index (χ1v) is 9.07. The molecule has 0 spiro atoms. The lowest BCUT2D eigenvalue weighted by atomic mass is 9.93. The average Bonchev–Trinajstić information content (AvgIpc) is 3.17. The fourth-order valence-corrected chi connectivity index (χ4v) is 3.44. The molecule has 0 atom stereocenters. The molecular formula is C18H20N4O3S. The highest BCUT2D eigenvalue weighted by Gasteiger charge is 2.29. The number of benzene rings is 1. The van der Waals surface area contributed by atoms with Gasteiger partial charge in [-0.2, -0.15) is 0 Å². The molecule has 8 heteroatoms. The largest absolute Gasteiger partial charge is 0.329 e. The van der Waals surface area contributed by atoms with Crippen LogP contribution < -0.4 is 10.6 Å². The number of nitrogens with one attached hydrogen (secondary N) is 2. The van der Waals surface area contributed by atoms with E-state index in [1.807, 2.05) is 5.38 Å². The first-order chi connectivity index (χ1) is 12.3. The fraction of sp³-hybridized carbons (Fsp3) is 0.333. The van der Waals surface area contributed by atoms with Gasteiger partial charge in [-0.05, 0) is 11.6 Å². The number of thiazole rings is 1. The third kappa shape index (κ3) is 3.75. The topological polar surface area (TPSA) is 91.4 Å². The number of urea groups is 1. The van der Waals surface area contributed by atoms with Crippen LogP contribution in [0.4, 0.5) is 9.93 Å². The number of hydrogen-bond acceptors (Lipinski definition) is 5. The van der Waals surface area contributed by atoms with Crippen LogP contribution >= 0.6 is 11.3 Å². The summed E-state index contributed by atoms with van der Waals surface area (Å²) in [6, 6.07) is 6.47. The van der Waals surface area contributed by atoms with Crippen molar-refractivity contribution in [3.63, 3.8) is 0 Å². The number of amides is 4. The molecule has 2 aromatic rings. The van der Waals surface area contributed by atoms with Crippen LogP contribution in [0.5, 0.6) is 0 Å². The first-order valence-electron chi connectivity index (χ1n) is 8.19. The number of aromatic nitrogens is 1. The highest BCUT2D eigenvalue weighted by atomic mass is 32.1. The highest BCUT2D eigenvalue weighted by Crippen LogP contribution is 2.27. The Hall–Kier alpha value is -2.74. The number of carbonyl (C=O) groups excluding carboxylic acids is 3. The van der Waals surface area contributed by atoms with Crippen molar-refractivity contribution >= 4 is 34.3 Å². The van der Waals surface area contributed by atoms with Crippen LogP contribution in [0.15, 0.2) is 29.6 Å². The molecule has 1 aliphatic heterocycles. The van der Waals surface area contributed by atoms with Crippen LogP contribution in [0.2, 0.25) is 0 Å². The van der Waals surface area contributed by atoms with Crippen LogP contribution in [-0.2, 0) is 16.8 Å². The maximum atomic E-state index is 12.7. The van der Waals surface area contributed by atoms with E-state index in [4.69, 9.17) is 0 Å². The van der Waals surface area contributed by atoms with E-state index in [1.165, 1.54) is 11.3 Å². The Balaban J connectivity index is 1.79. The molecule has 0 saturated carbocycles. The van der Waals surface area contributed by atoms with Gasteiger partial charge < -0.3 is 5.32 Å². The molecule has 0 bridgehead atoms. The lowest BCUT2D eigenvalue weighted by Gasteiger charge is -2.15. The van der Waals surface area contributed by atoms with Crippen LogP contribution in [0.1, 0.15) is 42.4 Å². The molecule has 3 rings (SSSR count). The number of imide groups is 1. The molecule has 26 heavy (non-hydrogen) atoms. The molecule has 0 aliphatic carbocycles. The van der Waals surface area contributed by atoms with Gasteiger partial charge in [-0.25, -0.2) is 9.78 Å². The monoisotopic (exact) mass is 372 g/mol. The predicted octanol–water partition coefficient (Wildman–Crippen LogP) is 2.74. The molecule has 1 fully saturated rings. The molecule has 1 aliphatic rings. The number of rotatable bonds is 4. The zero-order valence-corrected chi connectivity index (χ0v) is 15.6. The van der Waals surface area contributed by atoms with Crippen molar-refractivity contribution in [2.24, 2.45) is 0 Å². The van der Waals surface area contributed by atoms with E-state index in [0.717, 1.165) is 10.6 Å². The minimum Gasteiger partial charge on any atom is -0.329 e. The molecule has 4 amide bonds. The van der Waals surface area contributed by atoms with Gasteiger partial charge in [-0.1, -0.05) is 39.0 Å². The minimum atomic E-state index is -0.444. The van der Waals surface area contributed by atoms with Crippen molar-refractivity contribution in [3.8, 4) is 0 Å². The summed E-state index contributed by atoms with van der Waals surface area (Å²) in [7, 11) is 0. The molecule has 0 radical (unpaired) electrons. The van der Waals surface area contributed by atoms with E-state index in [2.05, 4.69) is 36.4 Å². The molecule has 2 heterocycles. The maximum Gasteiger partial charge on any atom is 0.324 e. The van der Waals surface area contributed by atoms with Crippen molar-refractivity contribution < 1.29 is 14.4 Å². The lowest BCUT2D eigenvalue weighted by Crippen LogP contribution is -2.31. The summed E-state index contributed by atoms with van der Waals surface area (Å²) in [6.45, 7) is 6.21. The van der Waals surface area contributed by atoms with Crippen molar-refractivity contribution in [3.05, 3.63) is 46.5 Å². The second-order valence-electron chi connectivity index (χ2n) is 7.04. The molecule has 136 valence electrons. The molecule has 1 aromatic heterocycles. The fourth-order valence-electron chi connectivity index (χ4n) is 2.51. The summed E-state index contributed by atoms with van der Waals surface area (Å²) < 4.78 is 0. The Morgan fingerprint density at radius 1 is 1.31 bits per heavy atom. The van der Waals surface area contributed by atoms with Crippen LogP contribution in [0.25, 0.3) is 0 Å². The Bertz CT molecular complexity index is 853. The second kappa shape index (κ2) is 6.87. The van der Waals surface area contributed by atoms with Crippen molar-refractivity contribution in [1.29, 1.82) is 0 Å². The van der Waals surface area contributed by atoms with Crippen molar-refractivity contribution in [2.75, 3.05) is 11.9 Å². The molecule has 1 aromatic carbocycles. The molecule has 1 saturated heterocycles. The lowest BCUT2D eigenvalue weighted by molar-refractivity contribution is -0.125. The summed E-state index contributed by atoms with van der Waals surface area (Å²) in [6.07, 6.45) is 0. The Kier molecular flexibility index (Phi) is 4.78. The normalized spacial score (nSPS) is 14.5. The van der Waals surface area contributed by atoms with Gasteiger partial charge in [0.1, 0.15) is 0 Å². The van der Waals surface area contributed by atoms with E-state index < -0.39 is 6.03 Å². The second-order valence-corrected chi connectivity index (χ2v) is 7.90. The third-order valence-corrected chi connectivity index (χ3v) is 4.78. The first kappa shape index (κ1) is 18.1. The summed E-state index contributed by atoms with van der Waals surface area (Å²) in [5, 5.41) is 7.72. The van der Waals surface area contributed by atoms with E-state index in [1.54, 1.807) is 24.3 Å². The number of anilines is 1. The van der Waals surface area contributed by atoms with Gasteiger partial charge in [0.15, 0.2) is 5.13 Å². The Labute approximate surface area is 155 Å². The number of hydrogen-bond donors (Lipinski definition) is 2. The van der Waals surface area contributed by atoms with Gasteiger partial charge in [0.25, 0.3) is 5.91 Å². The van der Waals surface area contributed by atoms with Crippen LogP contribution in [-0.4, -0.2) is 34.3 Å². The molecule has 7 nitrogen and oxygen atoms in total. The Morgan fingerprint density at radius 3 is 2.65 bits per heavy atom. The number of carbonyl (C=O) groups is 3. The van der Waals surface area contributed by atoms with Crippen LogP contribution in [0.3, 0.4) is 0 Å². The Morgan fingerprint density at radius 2 is 2.04 bits per heavy atom. The number of nitrogens with zero attached hydrogens (tertiary/aromatic N) is 2. The van der Waals surface area contributed by atoms with Crippen LogP contribution in [0, 0.1) is 0 Å². The maximum absolute atomic E-state index is 12.7. The minimum absolute atomic E-state index is 0.0120. The van der Waals surface area contributed by atoms with Gasteiger partial charge in [-0.3, -0.25) is 19.8 Å². The smallest absolute Gasteiger partial charge is 0.324 e. The van der Waals surface area contributed by atoms with E-state index in [-0.39, 0.29) is 30.3 Å². The summed E-state index contributed by atoms with van der Waals surface area (Å²) in [5.41, 5.74) is 1.82. The zero-order valence-electron chi connectivity index (χ0n) is 14.8. The van der Waals surface area contributed by atoms with Crippen molar-refractivity contribution in [1.82, 2.24) is 15.2 Å². The quantitative estimate of drug-likeness (QED) is 0.808. The molecular weight excluding hydrogens is 352 g/mol. The third-order valence-electron chi connectivity index (χ3n) is 4.02. The van der Waals surface area contributed by atoms with Crippen molar-refractivity contribution in [2.45, 2.75) is 32.7 Å². The average molecular weight is 372 g/mol. The van der Waals surface area contributed by atoms with E-state index in [9.17, 15) is 14.4 Å². The van der Waals surface area contributed by atoms with Gasteiger partial charge in [0.2, 0.25) is 5.91 Å². The summed E-state index contributed by atoms with van der Waals surface area (Å²) >= 11 is 1.37. The van der Waals surface area contributed by atoms with E-state index >= 15 is 0 Å². The summed E-state index contributed by atoms with van der Waals surface area (Å²) in [4.78, 5) is 41.8. The van der Waals surface area contributed by atoms with Gasteiger partial charge in [-0.15, -0.1) is 11.3 Å². The van der Waals surface area contributed by atoms with E-state index in [0.29, 0.717) is 16.3 Å². The predicted molar refractivity (Wildman–Crippen MR) is 99.2 cm³/mol. The zero-order chi connectivity index (χ0) is 18.9. The molecule has 0 unspecified atom stereocenters. The SMILES string of the molecule is CC(C)(C)c1csc(NC(=O)c2ccccc2CN2C(=O)CNC2=O)n1. The van der Waals surface area contributed by atoms with Gasteiger partial charge in [0, 0.05) is 16.4 Å².